The number of dihydropyridines is 4. The van der Waals surface area contributed by atoms with Gasteiger partial charge in [-0.25, -0.2) is 28.8 Å². The van der Waals surface area contributed by atoms with Crippen LogP contribution in [0.25, 0.3) is 6.08 Å². The molecule has 0 amide bonds. The van der Waals surface area contributed by atoms with Gasteiger partial charge in [0.15, 0.2) is 0 Å². The van der Waals surface area contributed by atoms with E-state index in [4.69, 9.17) is 70.1 Å². The summed E-state index contributed by atoms with van der Waals surface area (Å²) in [7, 11) is 0.165. The van der Waals surface area contributed by atoms with Crippen molar-refractivity contribution >= 4 is 95.4 Å². The molecule has 0 spiro atoms. The maximum Gasteiger partial charge on any atom is 0.360 e. The summed E-state index contributed by atoms with van der Waals surface area (Å²) in [6.45, 7) is 24.6. The molecule has 0 bridgehead atoms. The fourth-order valence-corrected chi connectivity index (χ4v) is 20.4. The van der Waals surface area contributed by atoms with Gasteiger partial charge < -0.3 is 73.1 Å². The number of methoxy groups -OCH3 is 3. The van der Waals surface area contributed by atoms with Gasteiger partial charge in [-0.05, 0) is 144 Å². The number of piperidine rings is 1. The van der Waals surface area contributed by atoms with Crippen LogP contribution < -0.4 is 26.2 Å². The first-order valence-corrected chi connectivity index (χ1v) is 48.4. The smallest absolute Gasteiger partial charge is 0.360 e. The molecule has 2 fully saturated rings. The van der Waals surface area contributed by atoms with Crippen molar-refractivity contribution in [3.63, 3.8) is 0 Å². The van der Waals surface area contributed by atoms with Crippen molar-refractivity contribution < 1.29 is 95.0 Å². The Kier molecular flexibility index (Phi) is 38.9. The van der Waals surface area contributed by atoms with Crippen molar-refractivity contribution in [1.82, 2.24) is 26.2 Å². The zero-order valence-corrected chi connectivity index (χ0v) is 84.1. The number of non-ortho nitro benzene ring substituents is 3. The predicted octanol–water partition coefficient (Wildman–Crippen LogP) is 20.2. The minimum Gasteiger partial charge on any atom is -0.466 e. The average Bonchev–Trinajstić information content (AvgIpc) is 0.733. The van der Waals surface area contributed by atoms with Crippen molar-refractivity contribution in [2.45, 2.75) is 132 Å². The Morgan fingerprint density at radius 2 is 0.951 bits per heavy atom. The third-order valence-electron chi connectivity index (χ3n) is 24.2. The molecule has 748 valence electrons. The second-order valence-electron chi connectivity index (χ2n) is 35.0. The molecule has 0 saturated carbocycles. The summed E-state index contributed by atoms with van der Waals surface area (Å²) >= 11 is 12.5. The summed E-state index contributed by atoms with van der Waals surface area (Å²) < 4.78 is 69.6. The highest BCUT2D eigenvalue weighted by atomic mass is 35.5. The van der Waals surface area contributed by atoms with Crippen LogP contribution in [0.4, 0.5) is 22.7 Å². The highest BCUT2D eigenvalue weighted by Crippen LogP contribution is 2.67. The summed E-state index contributed by atoms with van der Waals surface area (Å²) in [6.07, 6.45) is 5.20. The Morgan fingerprint density at radius 3 is 1.47 bits per heavy atom. The van der Waals surface area contributed by atoms with E-state index >= 15 is 0 Å². The lowest BCUT2D eigenvalue weighted by Crippen LogP contribution is -2.41. The number of carbonyl (C=O) groups excluding carboxylic acids is 6. The van der Waals surface area contributed by atoms with Crippen molar-refractivity contribution in [3.8, 4) is 0 Å². The lowest BCUT2D eigenvalue weighted by molar-refractivity contribution is -0.385. The Hall–Kier alpha value is -14.0. The first-order valence-electron chi connectivity index (χ1n) is 46.1. The number of nitro benzene ring substituents is 3. The van der Waals surface area contributed by atoms with Crippen LogP contribution in [-0.2, 0) is 93.4 Å². The lowest BCUT2D eigenvalue weighted by Gasteiger charge is -2.39. The van der Waals surface area contributed by atoms with E-state index in [0.29, 0.717) is 110 Å². The number of allylic oxidation sites excluding steroid dienone is 9. The van der Waals surface area contributed by atoms with Gasteiger partial charge in [-0.2, -0.15) is 0 Å². The molecular formula is C107H118Cl2N9O23P. The Morgan fingerprint density at radius 1 is 0.507 bits per heavy atom. The molecule has 6 heterocycles. The van der Waals surface area contributed by atoms with Gasteiger partial charge in [0.2, 0.25) is 0 Å². The molecule has 3 unspecified atom stereocenters. The van der Waals surface area contributed by atoms with Crippen LogP contribution in [0.15, 0.2) is 308 Å². The highest BCUT2D eigenvalue weighted by Gasteiger charge is 2.50. The van der Waals surface area contributed by atoms with Crippen LogP contribution in [0.2, 0.25) is 10.0 Å². The van der Waals surface area contributed by atoms with E-state index in [0.717, 1.165) is 54.0 Å². The number of nitrogens with zero attached hydrogens (tertiary/aromatic N) is 5. The van der Waals surface area contributed by atoms with Crippen LogP contribution in [-0.4, -0.2) is 155 Å². The van der Waals surface area contributed by atoms with Gasteiger partial charge in [-0.3, -0.25) is 39.8 Å². The Balaban J connectivity index is 0.000000184. The number of nitrogens with one attached hydrogen (secondary N) is 4. The fraction of sp³-hybridized carbons (Fsp3) is 0.327. The molecule has 4 N–H and O–H groups in total. The average molecular weight is 2000 g/mol. The molecule has 0 aromatic heterocycles. The number of nitro groups is 3. The standard InChI is InChI=1S/C34H38N3O7P.C28H31N3O6.C27H30N2O6.C18H19Cl2NO4/c1-24-30(33(38)42-19-18-36(28-15-9-6-10-16-28)21-26-12-7-5-8-13-26)31(27-14-11-17-29(20-27)37(39)40)32(25(2)35-24)45(41)43-22-34(3,4)23-44-45;1-18-24(27(32)36-3)26(21-11-7-12-22(15-21)31(34)35)25(19(2)29-18)28(33)37-23-13-8-14-30(17-23)16-20-9-5-4-6-10-20;1-19-24(18-34-14-8-11-21-9-5-4-6-10-21)26(22-12-7-13-23(17-22)29(31)32)25(20(2)28-19)27(30)35-16-15-33-3;1-5-25-18(23)14-10(3)21-9(2)13(17(22)24-4)15(14)11-7-6-8-12(19)16(11)20/h5-17,20,31,35H,18-19,21-23H2,1-4H3;4-7,9-12,15,23,26,29H,8,13-14,16-17H2,1-3H3;4-13,17,26,28H,14-16,18H2,1-3H3;6-8,15,21H,5H2,1-4H3/b;;11-8+;/t;23-,26-;;/m.1../s1. The maximum absolute atomic E-state index is 14.3. The second kappa shape index (κ2) is 50.9. The summed E-state index contributed by atoms with van der Waals surface area (Å²) in [6, 6.07) is 63.3. The van der Waals surface area contributed by atoms with E-state index in [1.165, 1.54) is 63.3 Å². The van der Waals surface area contributed by atoms with E-state index in [1.807, 2.05) is 142 Å². The zero-order chi connectivity index (χ0) is 103. The number of benzene rings is 8. The Labute approximate surface area is 835 Å². The lowest BCUT2D eigenvalue weighted by atomic mass is 9.80. The number of hydrogen-bond acceptors (Lipinski definition) is 29. The Bertz CT molecular complexity index is 6320. The molecule has 32 nitrogen and oxygen atoms in total. The third kappa shape index (κ3) is 27.8. The van der Waals surface area contributed by atoms with Gasteiger partial charge in [-0.1, -0.05) is 207 Å². The molecule has 0 aliphatic carbocycles. The van der Waals surface area contributed by atoms with Gasteiger partial charge in [0.05, 0.1) is 142 Å². The number of hydrogen-bond donors (Lipinski definition) is 4. The van der Waals surface area contributed by atoms with Gasteiger partial charge in [-0.15, -0.1) is 0 Å². The summed E-state index contributed by atoms with van der Waals surface area (Å²) in [5, 5.41) is 48.0. The SMILES string of the molecule is CC1=C(C(=O)OCCN(Cc2ccccc2)c2ccccc2)C(c2cccc([N+](=O)[O-])c2)C(P2(=O)OCC(C)(C)CO2)=C(C)N1.CCOC(=O)C1=C(C)NC(C)=C(C(=O)OC)C1c1cccc(Cl)c1Cl.COC(=O)C1=C(C)NC(C)=C(C(=O)O[C@@H]2CCCN(Cc3ccccc3)C2)[C@@H]1c1cccc([N+](=O)[O-])c1.COCCOC(=O)C1=C(C)NC(C)=C(COC/C=C/c2ccccc2)C1c1cccc([N+](=O)[O-])c1. The number of esters is 6. The number of carbonyl (C=O) groups is 6. The number of anilines is 1. The van der Waals surface area contributed by atoms with Crippen LogP contribution in [0.5, 0.6) is 0 Å². The van der Waals surface area contributed by atoms with E-state index in [9.17, 15) is 63.7 Å². The zero-order valence-electron chi connectivity index (χ0n) is 81.7. The van der Waals surface area contributed by atoms with Gasteiger partial charge >= 0.3 is 43.4 Å². The normalized spacial score (nSPS) is 18.3. The molecule has 0 radical (unpaired) electrons. The quantitative estimate of drug-likeness (QED) is 0.00759. The highest BCUT2D eigenvalue weighted by molar-refractivity contribution is 7.58. The van der Waals surface area contributed by atoms with Crippen molar-refractivity contribution in [1.29, 1.82) is 0 Å². The molecule has 142 heavy (non-hydrogen) atoms. The number of halogens is 2. The minimum atomic E-state index is -3.91. The summed E-state index contributed by atoms with van der Waals surface area (Å²) in [5.41, 5.74) is 12.8. The fourth-order valence-electron chi connectivity index (χ4n) is 17.5. The van der Waals surface area contributed by atoms with Gasteiger partial charge in [0, 0.05) is 126 Å². The van der Waals surface area contributed by atoms with E-state index in [2.05, 4.69) is 43.2 Å². The molecule has 5 atom stereocenters. The molecule has 35 heteroatoms. The molecular weight excluding hydrogens is 1880 g/mol. The van der Waals surface area contributed by atoms with Crippen molar-refractivity contribution in [2.75, 3.05) is 98.7 Å². The summed E-state index contributed by atoms with van der Waals surface area (Å²) in [4.78, 5) is 116. The van der Waals surface area contributed by atoms with Gasteiger partial charge in [0.1, 0.15) is 19.3 Å². The summed E-state index contributed by atoms with van der Waals surface area (Å²) in [5.74, 6) is -6.50. The van der Waals surface area contributed by atoms with E-state index in [1.54, 1.807) is 110 Å². The van der Waals surface area contributed by atoms with Crippen LogP contribution >= 0.6 is 30.8 Å². The molecule has 14 rings (SSSR count). The van der Waals surface area contributed by atoms with Gasteiger partial charge in [0.25, 0.3) is 17.1 Å². The first-order chi connectivity index (χ1) is 68.0. The van der Waals surface area contributed by atoms with Crippen LogP contribution in [0.3, 0.4) is 0 Å². The van der Waals surface area contributed by atoms with E-state index in [-0.39, 0.29) is 102 Å². The first kappa shape index (κ1) is 108. The molecule has 2 saturated heterocycles. The minimum absolute atomic E-state index is 0.0468. The van der Waals surface area contributed by atoms with Crippen LogP contribution in [0.1, 0.15) is 152 Å². The monoisotopic (exact) mass is 2000 g/mol. The van der Waals surface area contributed by atoms with Crippen molar-refractivity contribution in [2.24, 2.45) is 5.41 Å². The van der Waals surface area contributed by atoms with E-state index < -0.39 is 81.9 Å². The molecule has 8 aromatic rings. The maximum atomic E-state index is 14.3. The number of ether oxygens (including phenoxy) is 8. The predicted molar refractivity (Wildman–Crippen MR) is 540 cm³/mol. The van der Waals surface area contributed by atoms with Crippen LogP contribution in [0, 0.1) is 35.8 Å². The number of rotatable bonds is 32. The largest absolute Gasteiger partial charge is 0.466 e. The van der Waals surface area contributed by atoms with Crippen molar-refractivity contribution in [3.05, 3.63) is 388 Å². The third-order valence-corrected chi connectivity index (χ3v) is 27.2. The topological polar surface area (TPSA) is 396 Å². The molecule has 8 aromatic carbocycles. The number of likely N-dealkylation sites (tertiary alicyclic amines) is 1. The molecule has 6 aliphatic rings. The number of para-hydroxylation sites is 1. The molecule has 6 aliphatic heterocycles. The second-order valence-corrected chi connectivity index (χ2v) is 37.7.